The van der Waals surface area contributed by atoms with Crippen LogP contribution in [0.4, 0.5) is 10.1 Å². The number of rotatable bonds is 4. The summed E-state index contributed by atoms with van der Waals surface area (Å²) in [5, 5.41) is 20.3. The molecule has 0 spiro atoms. The topological polar surface area (TPSA) is 71.9 Å². The average Bonchev–Trinajstić information content (AvgIpc) is 2.93. The van der Waals surface area contributed by atoms with Crippen molar-refractivity contribution in [1.82, 2.24) is 4.57 Å². The minimum Gasteiger partial charge on any atom is -0.315 e. The molecule has 0 unspecified atom stereocenters. The van der Waals surface area contributed by atoms with Crippen LogP contribution in [0.3, 0.4) is 0 Å². The summed E-state index contributed by atoms with van der Waals surface area (Å²) in [6.45, 7) is 3.73. The van der Waals surface area contributed by atoms with E-state index in [-0.39, 0.29) is 11.5 Å². The molecule has 6 heteroatoms. The standard InChI is InChI=1S/C21H16FN3O2/c1-14-11-17(15(2)24(14)21-6-4-3-5-20(21)22)12-18(13-23)16-7-9-19(10-8-16)25(26)27/h3-12H,1-2H3. The first-order valence-corrected chi connectivity index (χ1v) is 8.23. The fraction of sp³-hybridized carbons (Fsp3) is 0.0952. The Bertz CT molecular complexity index is 1090. The van der Waals surface area contributed by atoms with Gasteiger partial charge < -0.3 is 4.57 Å². The first-order chi connectivity index (χ1) is 12.9. The van der Waals surface area contributed by atoms with Gasteiger partial charge in [-0.1, -0.05) is 12.1 Å². The number of para-hydroxylation sites is 1. The van der Waals surface area contributed by atoms with Crippen LogP contribution in [0.5, 0.6) is 0 Å². The smallest absolute Gasteiger partial charge is 0.269 e. The molecular formula is C21H16FN3O2. The molecule has 0 fully saturated rings. The van der Waals surface area contributed by atoms with E-state index in [1.807, 2.05) is 19.9 Å². The molecule has 0 radical (unpaired) electrons. The van der Waals surface area contributed by atoms with E-state index in [0.717, 1.165) is 17.0 Å². The molecule has 3 rings (SSSR count). The van der Waals surface area contributed by atoms with E-state index in [1.54, 1.807) is 41.0 Å². The molecule has 27 heavy (non-hydrogen) atoms. The van der Waals surface area contributed by atoms with Crippen molar-refractivity contribution in [2.75, 3.05) is 0 Å². The second kappa shape index (κ2) is 7.26. The van der Waals surface area contributed by atoms with Gasteiger partial charge in [-0.25, -0.2) is 4.39 Å². The molecule has 0 aliphatic heterocycles. The number of benzene rings is 2. The third kappa shape index (κ3) is 3.48. The van der Waals surface area contributed by atoms with Gasteiger partial charge in [-0.3, -0.25) is 10.1 Å². The number of allylic oxidation sites excluding steroid dienone is 1. The minimum atomic E-state index is -0.485. The van der Waals surface area contributed by atoms with Gasteiger partial charge in [0.2, 0.25) is 0 Å². The molecule has 3 aromatic rings. The zero-order valence-electron chi connectivity index (χ0n) is 14.8. The van der Waals surface area contributed by atoms with Crippen molar-refractivity contribution in [2.45, 2.75) is 13.8 Å². The lowest BCUT2D eigenvalue weighted by atomic mass is 10.0. The van der Waals surface area contributed by atoms with Crippen LogP contribution in [0.15, 0.2) is 54.6 Å². The minimum absolute atomic E-state index is 0.0335. The van der Waals surface area contributed by atoms with Gasteiger partial charge in [0, 0.05) is 23.5 Å². The molecule has 0 aliphatic carbocycles. The molecule has 2 aromatic carbocycles. The average molecular weight is 361 g/mol. The molecule has 1 aromatic heterocycles. The number of nitriles is 1. The Hall–Kier alpha value is -3.72. The number of halogens is 1. The number of hydrogen-bond donors (Lipinski definition) is 0. The van der Waals surface area contributed by atoms with Crippen LogP contribution in [-0.2, 0) is 0 Å². The van der Waals surface area contributed by atoms with Crippen LogP contribution in [-0.4, -0.2) is 9.49 Å². The second-order valence-corrected chi connectivity index (χ2v) is 6.09. The summed E-state index contributed by atoms with van der Waals surface area (Å²) in [6, 6.07) is 16.3. The van der Waals surface area contributed by atoms with Gasteiger partial charge in [0.1, 0.15) is 5.82 Å². The van der Waals surface area contributed by atoms with Crippen molar-refractivity contribution in [3.05, 3.63) is 93.0 Å². The third-order valence-corrected chi connectivity index (χ3v) is 4.37. The third-order valence-electron chi connectivity index (χ3n) is 4.37. The zero-order chi connectivity index (χ0) is 19.6. The maximum Gasteiger partial charge on any atom is 0.269 e. The second-order valence-electron chi connectivity index (χ2n) is 6.09. The van der Waals surface area contributed by atoms with Gasteiger partial charge in [-0.05, 0) is 61.4 Å². The lowest BCUT2D eigenvalue weighted by Gasteiger charge is -2.10. The molecule has 0 aliphatic rings. The van der Waals surface area contributed by atoms with Gasteiger partial charge in [0.15, 0.2) is 0 Å². The van der Waals surface area contributed by atoms with E-state index in [0.29, 0.717) is 16.8 Å². The van der Waals surface area contributed by atoms with Crippen molar-refractivity contribution < 1.29 is 9.31 Å². The highest BCUT2D eigenvalue weighted by atomic mass is 19.1. The van der Waals surface area contributed by atoms with Crippen molar-refractivity contribution in [1.29, 1.82) is 5.26 Å². The van der Waals surface area contributed by atoms with Crippen LogP contribution in [0.2, 0.25) is 0 Å². The number of hydrogen-bond acceptors (Lipinski definition) is 3. The van der Waals surface area contributed by atoms with E-state index in [1.165, 1.54) is 18.2 Å². The molecule has 0 N–H and O–H groups in total. The Balaban J connectivity index is 2.06. The summed E-state index contributed by atoms with van der Waals surface area (Å²) in [5.41, 5.74) is 3.79. The van der Waals surface area contributed by atoms with Crippen molar-refractivity contribution in [3.63, 3.8) is 0 Å². The summed E-state index contributed by atoms with van der Waals surface area (Å²) in [5.74, 6) is -0.328. The van der Waals surface area contributed by atoms with E-state index < -0.39 is 4.92 Å². The molecule has 1 heterocycles. The van der Waals surface area contributed by atoms with E-state index in [2.05, 4.69) is 6.07 Å². The highest BCUT2D eigenvalue weighted by Gasteiger charge is 2.14. The summed E-state index contributed by atoms with van der Waals surface area (Å²) < 4.78 is 16.0. The van der Waals surface area contributed by atoms with Crippen LogP contribution >= 0.6 is 0 Å². The summed E-state index contributed by atoms with van der Waals surface area (Å²) in [7, 11) is 0. The number of nitrogens with zero attached hydrogens (tertiary/aromatic N) is 3. The predicted molar refractivity (Wildman–Crippen MR) is 102 cm³/mol. The van der Waals surface area contributed by atoms with Crippen LogP contribution in [0.25, 0.3) is 17.3 Å². The molecule has 0 bridgehead atoms. The highest BCUT2D eigenvalue weighted by molar-refractivity contribution is 5.90. The normalized spacial score (nSPS) is 11.3. The summed E-state index contributed by atoms with van der Waals surface area (Å²) in [6.07, 6.45) is 1.71. The van der Waals surface area contributed by atoms with Gasteiger partial charge in [0.05, 0.1) is 22.3 Å². The Morgan fingerprint density at radius 1 is 1.19 bits per heavy atom. The fourth-order valence-corrected chi connectivity index (χ4v) is 3.04. The molecular weight excluding hydrogens is 345 g/mol. The van der Waals surface area contributed by atoms with E-state index in [9.17, 15) is 19.8 Å². The fourth-order valence-electron chi connectivity index (χ4n) is 3.04. The predicted octanol–water partition coefficient (Wildman–Crippen LogP) is 5.21. The molecule has 5 nitrogen and oxygen atoms in total. The van der Waals surface area contributed by atoms with Crippen LogP contribution < -0.4 is 0 Å². The van der Waals surface area contributed by atoms with Crippen LogP contribution in [0, 0.1) is 41.1 Å². The summed E-state index contributed by atoms with van der Waals surface area (Å²) >= 11 is 0. The van der Waals surface area contributed by atoms with Gasteiger partial charge >= 0.3 is 0 Å². The Morgan fingerprint density at radius 2 is 1.85 bits per heavy atom. The van der Waals surface area contributed by atoms with Crippen LogP contribution in [0.1, 0.15) is 22.5 Å². The van der Waals surface area contributed by atoms with Crippen molar-refractivity contribution in [2.24, 2.45) is 0 Å². The Kier molecular flexibility index (Phi) is 4.86. The molecule has 0 atom stereocenters. The molecule has 134 valence electrons. The Morgan fingerprint density at radius 3 is 2.44 bits per heavy atom. The number of nitro groups is 1. The largest absolute Gasteiger partial charge is 0.315 e. The number of non-ortho nitro benzene ring substituents is 1. The maximum atomic E-state index is 14.2. The quantitative estimate of drug-likeness (QED) is 0.364. The SMILES string of the molecule is Cc1cc(C=C(C#N)c2ccc([N+](=O)[O-])cc2)c(C)n1-c1ccccc1F. The molecule has 0 amide bonds. The number of aryl methyl sites for hydroxylation is 1. The molecule has 0 saturated carbocycles. The first-order valence-electron chi connectivity index (χ1n) is 8.23. The van der Waals surface area contributed by atoms with Gasteiger partial charge in [-0.2, -0.15) is 5.26 Å². The highest BCUT2D eigenvalue weighted by Crippen LogP contribution is 2.27. The monoisotopic (exact) mass is 361 g/mol. The van der Waals surface area contributed by atoms with E-state index in [4.69, 9.17) is 0 Å². The maximum absolute atomic E-state index is 14.2. The van der Waals surface area contributed by atoms with E-state index >= 15 is 0 Å². The first kappa shape index (κ1) is 18.1. The summed E-state index contributed by atoms with van der Waals surface area (Å²) in [4.78, 5) is 10.3. The van der Waals surface area contributed by atoms with Gasteiger partial charge in [-0.15, -0.1) is 0 Å². The number of aromatic nitrogens is 1. The van der Waals surface area contributed by atoms with Crippen molar-refractivity contribution in [3.8, 4) is 11.8 Å². The lowest BCUT2D eigenvalue weighted by molar-refractivity contribution is -0.384. The zero-order valence-corrected chi connectivity index (χ0v) is 14.8. The number of nitro benzene ring substituents is 1. The van der Waals surface area contributed by atoms with Gasteiger partial charge in [0.25, 0.3) is 5.69 Å². The lowest BCUT2D eigenvalue weighted by Crippen LogP contribution is -2.01. The molecule has 0 saturated heterocycles. The van der Waals surface area contributed by atoms with Crippen molar-refractivity contribution >= 4 is 17.3 Å². The Labute approximate surface area is 155 Å².